The van der Waals surface area contributed by atoms with Crippen molar-refractivity contribution in [3.63, 3.8) is 0 Å². The maximum absolute atomic E-state index is 9.38. The number of phenols is 1. The van der Waals surface area contributed by atoms with Crippen molar-refractivity contribution in [1.29, 1.82) is 0 Å². The molecule has 0 aliphatic heterocycles. The van der Waals surface area contributed by atoms with E-state index in [0.29, 0.717) is 5.15 Å². The van der Waals surface area contributed by atoms with Crippen LogP contribution >= 0.6 is 27.5 Å². The highest BCUT2D eigenvalue weighted by Crippen LogP contribution is 2.38. The van der Waals surface area contributed by atoms with E-state index in [2.05, 4.69) is 20.9 Å². The summed E-state index contributed by atoms with van der Waals surface area (Å²) in [5, 5.41) is 11.6. The van der Waals surface area contributed by atoms with Crippen molar-refractivity contribution >= 4 is 38.3 Å². The lowest BCUT2D eigenvalue weighted by molar-refractivity contribution is 0.415. The van der Waals surface area contributed by atoms with Crippen molar-refractivity contribution < 1.29 is 9.84 Å². The Kier molecular flexibility index (Phi) is 3.74. The van der Waals surface area contributed by atoms with Crippen molar-refractivity contribution in [2.75, 3.05) is 7.11 Å². The monoisotopic (exact) mass is 363 g/mol. The summed E-state index contributed by atoms with van der Waals surface area (Å²) in [7, 11) is 1.61. The van der Waals surface area contributed by atoms with Gasteiger partial charge in [0.25, 0.3) is 0 Å². The summed E-state index contributed by atoms with van der Waals surface area (Å²) in [6, 6.07) is 12.5. The van der Waals surface area contributed by atoms with Crippen LogP contribution < -0.4 is 4.74 Å². The topological polar surface area (TPSA) is 42.4 Å². The van der Waals surface area contributed by atoms with Crippen LogP contribution in [0.3, 0.4) is 0 Å². The van der Waals surface area contributed by atoms with E-state index in [-0.39, 0.29) is 5.75 Å². The molecule has 3 aromatic rings. The van der Waals surface area contributed by atoms with Crippen molar-refractivity contribution in [2.24, 2.45) is 0 Å². The smallest absolute Gasteiger partial charge is 0.137 e. The Morgan fingerprint density at radius 3 is 2.48 bits per heavy atom. The summed E-state index contributed by atoms with van der Waals surface area (Å²) in [6.45, 7) is 0. The van der Waals surface area contributed by atoms with Crippen LogP contribution in [0.4, 0.5) is 0 Å². The van der Waals surface area contributed by atoms with Gasteiger partial charge in [-0.3, -0.25) is 0 Å². The summed E-state index contributed by atoms with van der Waals surface area (Å²) in [4.78, 5) is 4.46. The number of phenolic OH excluding ortho intramolecular Hbond substituents is 1. The molecule has 0 bridgehead atoms. The fourth-order valence-corrected chi connectivity index (χ4v) is 3.06. The zero-order valence-corrected chi connectivity index (χ0v) is 13.4. The van der Waals surface area contributed by atoms with E-state index in [4.69, 9.17) is 16.3 Å². The van der Waals surface area contributed by atoms with Gasteiger partial charge in [-0.05, 0) is 58.4 Å². The van der Waals surface area contributed by atoms with E-state index in [1.807, 2.05) is 18.2 Å². The van der Waals surface area contributed by atoms with Crippen LogP contribution in [0.25, 0.3) is 22.0 Å². The predicted octanol–water partition coefficient (Wildman–Crippen LogP) is 5.03. The SMILES string of the molecule is COc1ccc2c(Br)c(-c3ccc(O)cc3)nc(Cl)c2c1. The lowest BCUT2D eigenvalue weighted by Crippen LogP contribution is -1.91. The quantitative estimate of drug-likeness (QED) is 0.648. The zero-order valence-electron chi connectivity index (χ0n) is 11.1. The third-order valence-electron chi connectivity index (χ3n) is 3.24. The van der Waals surface area contributed by atoms with Gasteiger partial charge in [0.1, 0.15) is 16.7 Å². The predicted molar refractivity (Wildman–Crippen MR) is 88.1 cm³/mol. The molecule has 0 fully saturated rings. The van der Waals surface area contributed by atoms with Crippen molar-refractivity contribution in [3.8, 4) is 22.8 Å². The minimum atomic E-state index is 0.214. The average Bonchev–Trinajstić information content (AvgIpc) is 2.51. The maximum Gasteiger partial charge on any atom is 0.137 e. The summed E-state index contributed by atoms with van der Waals surface area (Å²) >= 11 is 9.90. The molecule has 0 atom stereocenters. The average molecular weight is 365 g/mol. The number of hydrogen-bond acceptors (Lipinski definition) is 3. The molecule has 3 nitrogen and oxygen atoms in total. The third-order valence-corrected chi connectivity index (χ3v) is 4.33. The van der Waals surface area contributed by atoms with E-state index in [1.165, 1.54) is 0 Å². The fourth-order valence-electron chi connectivity index (χ4n) is 2.16. The summed E-state index contributed by atoms with van der Waals surface area (Å²) < 4.78 is 6.07. The fraction of sp³-hybridized carbons (Fsp3) is 0.0625. The summed E-state index contributed by atoms with van der Waals surface area (Å²) in [5.41, 5.74) is 1.61. The Morgan fingerprint density at radius 2 is 1.81 bits per heavy atom. The molecule has 106 valence electrons. The molecule has 0 radical (unpaired) electrons. The molecule has 0 spiro atoms. The first-order chi connectivity index (χ1) is 10.1. The molecule has 0 aliphatic rings. The van der Waals surface area contributed by atoms with Gasteiger partial charge >= 0.3 is 0 Å². The molecule has 0 aliphatic carbocycles. The van der Waals surface area contributed by atoms with Crippen molar-refractivity contribution in [3.05, 3.63) is 52.1 Å². The number of ether oxygens (including phenoxy) is 1. The van der Waals surface area contributed by atoms with Gasteiger partial charge in [-0.1, -0.05) is 11.6 Å². The number of rotatable bonds is 2. The van der Waals surface area contributed by atoms with Gasteiger partial charge in [-0.2, -0.15) is 0 Å². The van der Waals surface area contributed by atoms with Crippen LogP contribution in [0.5, 0.6) is 11.5 Å². The van der Waals surface area contributed by atoms with Gasteiger partial charge < -0.3 is 9.84 Å². The lowest BCUT2D eigenvalue weighted by atomic mass is 10.1. The highest BCUT2D eigenvalue weighted by Gasteiger charge is 2.13. The molecule has 0 amide bonds. The highest BCUT2D eigenvalue weighted by atomic mass is 79.9. The second kappa shape index (κ2) is 5.54. The second-order valence-electron chi connectivity index (χ2n) is 4.52. The van der Waals surface area contributed by atoms with Crippen molar-refractivity contribution in [1.82, 2.24) is 4.98 Å². The van der Waals surface area contributed by atoms with Crippen LogP contribution in [0.15, 0.2) is 46.9 Å². The number of halogens is 2. The Balaban J connectivity index is 2.26. The molecular weight excluding hydrogens is 354 g/mol. The molecule has 1 N–H and O–H groups in total. The molecule has 2 aromatic carbocycles. The first kappa shape index (κ1) is 14.2. The highest BCUT2D eigenvalue weighted by molar-refractivity contribution is 9.10. The Bertz CT molecular complexity index is 819. The molecular formula is C16H11BrClNO2. The first-order valence-corrected chi connectivity index (χ1v) is 7.39. The molecule has 0 saturated heterocycles. The standard InChI is InChI=1S/C16H11BrClNO2/c1-21-11-6-7-12-13(8-11)16(18)19-15(14(12)17)9-2-4-10(20)5-3-9/h2-8,20H,1H3. The zero-order chi connectivity index (χ0) is 15.0. The summed E-state index contributed by atoms with van der Waals surface area (Å²) in [5.74, 6) is 0.946. The van der Waals surface area contributed by atoms with Gasteiger partial charge in [0.05, 0.1) is 17.3 Å². The summed E-state index contributed by atoms with van der Waals surface area (Å²) in [6.07, 6.45) is 0. The molecule has 5 heteroatoms. The molecule has 0 unspecified atom stereocenters. The van der Waals surface area contributed by atoms with E-state index < -0.39 is 0 Å². The lowest BCUT2D eigenvalue weighted by Gasteiger charge is -2.10. The Morgan fingerprint density at radius 1 is 1.10 bits per heavy atom. The van der Waals surface area contributed by atoms with E-state index in [1.54, 1.807) is 31.4 Å². The normalized spacial score (nSPS) is 10.8. The Hall–Kier alpha value is -1.78. The number of aromatic nitrogens is 1. The van der Waals surface area contributed by atoms with Crippen LogP contribution in [0.1, 0.15) is 0 Å². The molecule has 0 saturated carbocycles. The number of hydrogen-bond donors (Lipinski definition) is 1. The van der Waals surface area contributed by atoms with E-state index in [9.17, 15) is 5.11 Å². The number of pyridine rings is 1. The first-order valence-electron chi connectivity index (χ1n) is 6.22. The van der Waals surface area contributed by atoms with Gasteiger partial charge in [0.2, 0.25) is 0 Å². The van der Waals surface area contributed by atoms with Crippen LogP contribution in [-0.2, 0) is 0 Å². The van der Waals surface area contributed by atoms with Gasteiger partial charge in [-0.15, -0.1) is 0 Å². The van der Waals surface area contributed by atoms with E-state index >= 15 is 0 Å². The van der Waals surface area contributed by atoms with Crippen LogP contribution in [-0.4, -0.2) is 17.2 Å². The molecule has 1 aromatic heterocycles. The number of benzene rings is 2. The number of nitrogens with zero attached hydrogens (tertiary/aromatic N) is 1. The third kappa shape index (κ3) is 2.57. The van der Waals surface area contributed by atoms with Crippen LogP contribution in [0, 0.1) is 0 Å². The van der Waals surface area contributed by atoms with Gasteiger partial charge in [0, 0.05) is 16.3 Å². The van der Waals surface area contributed by atoms with Gasteiger partial charge in [0.15, 0.2) is 0 Å². The molecule has 3 rings (SSSR count). The minimum absolute atomic E-state index is 0.214. The number of methoxy groups -OCH3 is 1. The van der Waals surface area contributed by atoms with Crippen LogP contribution in [0.2, 0.25) is 5.15 Å². The number of fused-ring (bicyclic) bond motifs is 1. The van der Waals surface area contributed by atoms with Crippen molar-refractivity contribution in [2.45, 2.75) is 0 Å². The largest absolute Gasteiger partial charge is 0.508 e. The molecule has 21 heavy (non-hydrogen) atoms. The Labute approximate surface area is 135 Å². The van der Waals surface area contributed by atoms with Gasteiger partial charge in [-0.25, -0.2) is 4.98 Å². The maximum atomic E-state index is 9.38. The molecule has 1 heterocycles. The second-order valence-corrected chi connectivity index (χ2v) is 5.67. The van der Waals surface area contributed by atoms with E-state index in [0.717, 1.165) is 32.3 Å². The number of aromatic hydroxyl groups is 1. The minimum Gasteiger partial charge on any atom is -0.508 e.